The summed E-state index contributed by atoms with van der Waals surface area (Å²) in [5, 5.41) is 21.7. The number of aromatic nitrogens is 4. The van der Waals surface area contributed by atoms with Crippen LogP contribution in [0.4, 0.5) is 0 Å². The first-order valence-electron chi connectivity index (χ1n) is 7.07. The molecule has 23 heavy (non-hydrogen) atoms. The van der Waals surface area contributed by atoms with Gasteiger partial charge < -0.3 is 4.74 Å². The Balaban J connectivity index is 1.88. The molecule has 0 radical (unpaired) electrons. The zero-order chi connectivity index (χ0) is 15.6. The fraction of sp³-hybridized carbons (Fsp3) is 0.0588. The quantitative estimate of drug-likeness (QED) is 0.740. The lowest BCUT2D eigenvalue weighted by Crippen LogP contribution is -2.05. The number of benzene rings is 1. The van der Waals surface area contributed by atoms with Gasteiger partial charge in [0.05, 0.1) is 0 Å². The topological polar surface area (TPSA) is 76.1 Å². The Morgan fingerprint density at radius 1 is 1.17 bits per heavy atom. The highest BCUT2D eigenvalue weighted by Crippen LogP contribution is 2.30. The molecular weight excluding hydrogens is 290 g/mol. The van der Waals surface area contributed by atoms with Gasteiger partial charge in [-0.3, -0.25) is 0 Å². The molecule has 0 unspecified atom stereocenters. The third-order valence-electron chi connectivity index (χ3n) is 3.53. The molecule has 6 nitrogen and oxygen atoms in total. The van der Waals surface area contributed by atoms with Crippen molar-refractivity contribution in [1.29, 1.82) is 5.26 Å². The lowest BCUT2D eigenvalue weighted by Gasteiger charge is -2.12. The molecule has 6 heteroatoms. The molecule has 0 N–H and O–H groups in total. The Morgan fingerprint density at radius 3 is 2.70 bits per heavy atom. The predicted octanol–water partition coefficient (Wildman–Crippen LogP) is 2.65. The first kappa shape index (κ1) is 13.2. The number of nitriles is 1. The standard InChI is InChI=1S/C17H11N5O/c18-9-10-23-17-14(12-7-4-8-12)11-15-19-20-16(22(15)21-17)13-5-2-1-3-6-13/h1-8,11H,10H2. The third kappa shape index (κ3) is 2.24. The second-order valence-corrected chi connectivity index (χ2v) is 4.95. The van der Waals surface area contributed by atoms with Crippen LogP contribution in [0.15, 0.2) is 54.6 Å². The molecule has 2 heterocycles. The summed E-state index contributed by atoms with van der Waals surface area (Å²) in [5.74, 6) is 1.03. The van der Waals surface area contributed by atoms with Gasteiger partial charge in [0.2, 0.25) is 5.88 Å². The van der Waals surface area contributed by atoms with Crippen molar-refractivity contribution in [2.75, 3.05) is 6.61 Å². The summed E-state index contributed by atoms with van der Waals surface area (Å²) in [4.78, 5) is 0. The summed E-state index contributed by atoms with van der Waals surface area (Å²) in [6.07, 6.45) is 5.86. The Kier molecular flexibility index (Phi) is 3.10. The average molecular weight is 301 g/mol. The van der Waals surface area contributed by atoms with Crippen molar-refractivity contribution in [1.82, 2.24) is 19.8 Å². The van der Waals surface area contributed by atoms with Crippen LogP contribution in [0.25, 0.3) is 22.6 Å². The molecule has 0 saturated heterocycles. The molecule has 0 fully saturated rings. The van der Waals surface area contributed by atoms with E-state index in [1.807, 2.05) is 60.7 Å². The molecule has 1 aliphatic carbocycles. The van der Waals surface area contributed by atoms with Crippen molar-refractivity contribution in [2.45, 2.75) is 0 Å². The summed E-state index contributed by atoms with van der Waals surface area (Å²) < 4.78 is 7.12. The van der Waals surface area contributed by atoms with Gasteiger partial charge in [0, 0.05) is 11.1 Å². The summed E-state index contributed by atoms with van der Waals surface area (Å²) in [6, 6.07) is 13.5. The van der Waals surface area contributed by atoms with Crippen LogP contribution < -0.4 is 4.74 Å². The molecule has 4 rings (SSSR count). The molecule has 0 bridgehead atoms. The van der Waals surface area contributed by atoms with E-state index in [1.54, 1.807) is 4.52 Å². The number of hydrogen-bond donors (Lipinski definition) is 0. The SMILES string of the molecule is N#CCOc1nn2c(-c3ccccc3)nnc2cc1C1=CC=C1. The van der Waals surface area contributed by atoms with Crippen LogP contribution in [-0.4, -0.2) is 26.4 Å². The van der Waals surface area contributed by atoms with Crippen LogP contribution in [0.1, 0.15) is 5.56 Å². The largest absolute Gasteiger partial charge is 0.461 e. The summed E-state index contributed by atoms with van der Waals surface area (Å²) in [5.41, 5.74) is 3.35. The maximum atomic E-state index is 8.77. The van der Waals surface area contributed by atoms with Crippen molar-refractivity contribution < 1.29 is 4.74 Å². The first-order valence-corrected chi connectivity index (χ1v) is 7.07. The van der Waals surface area contributed by atoms with E-state index in [0.29, 0.717) is 17.4 Å². The van der Waals surface area contributed by atoms with Crippen LogP contribution in [-0.2, 0) is 0 Å². The molecule has 1 aliphatic rings. The highest BCUT2D eigenvalue weighted by atomic mass is 16.5. The van der Waals surface area contributed by atoms with Gasteiger partial charge in [0.25, 0.3) is 0 Å². The molecule has 0 saturated carbocycles. The Morgan fingerprint density at radius 2 is 2.00 bits per heavy atom. The van der Waals surface area contributed by atoms with E-state index in [9.17, 15) is 0 Å². The van der Waals surface area contributed by atoms with E-state index in [1.165, 1.54) is 0 Å². The van der Waals surface area contributed by atoms with E-state index in [4.69, 9.17) is 10.00 Å². The molecule has 3 aromatic rings. The van der Waals surface area contributed by atoms with Gasteiger partial charge in [-0.15, -0.1) is 15.3 Å². The molecule has 0 atom stereocenters. The van der Waals surface area contributed by atoms with Crippen LogP contribution in [0.5, 0.6) is 5.88 Å². The monoisotopic (exact) mass is 301 g/mol. The lowest BCUT2D eigenvalue weighted by atomic mass is 10.0. The van der Waals surface area contributed by atoms with Crippen LogP contribution in [0.2, 0.25) is 0 Å². The summed E-state index contributed by atoms with van der Waals surface area (Å²) in [6.45, 7) is -0.0642. The minimum absolute atomic E-state index is 0.0642. The number of hydrogen-bond acceptors (Lipinski definition) is 5. The van der Waals surface area contributed by atoms with Gasteiger partial charge >= 0.3 is 0 Å². The van der Waals surface area contributed by atoms with Gasteiger partial charge in [0.15, 0.2) is 18.1 Å². The second-order valence-electron chi connectivity index (χ2n) is 4.95. The minimum atomic E-state index is -0.0642. The fourth-order valence-electron chi connectivity index (χ4n) is 2.37. The number of allylic oxidation sites excluding steroid dienone is 4. The Labute approximate surface area is 132 Å². The van der Waals surface area contributed by atoms with Gasteiger partial charge in [-0.05, 0) is 11.6 Å². The molecule has 110 valence electrons. The highest BCUT2D eigenvalue weighted by Gasteiger charge is 2.17. The maximum Gasteiger partial charge on any atom is 0.240 e. The van der Waals surface area contributed by atoms with Crippen molar-refractivity contribution in [3.8, 4) is 23.3 Å². The second kappa shape index (κ2) is 5.39. The number of ether oxygens (including phenoxy) is 1. The number of fused-ring (bicyclic) bond motifs is 1. The van der Waals surface area contributed by atoms with Gasteiger partial charge in [0.1, 0.15) is 6.07 Å². The lowest BCUT2D eigenvalue weighted by molar-refractivity contribution is 0.346. The molecule has 1 aromatic carbocycles. The van der Waals surface area contributed by atoms with Gasteiger partial charge in [-0.1, -0.05) is 48.6 Å². The van der Waals surface area contributed by atoms with Crippen LogP contribution in [0, 0.1) is 11.3 Å². The minimum Gasteiger partial charge on any atom is -0.461 e. The predicted molar refractivity (Wildman–Crippen MR) is 84.4 cm³/mol. The zero-order valence-corrected chi connectivity index (χ0v) is 12.0. The van der Waals surface area contributed by atoms with Gasteiger partial charge in [-0.25, -0.2) is 0 Å². The van der Waals surface area contributed by atoms with E-state index in [0.717, 1.165) is 16.7 Å². The molecule has 2 aromatic heterocycles. The first-order chi connectivity index (χ1) is 11.4. The maximum absolute atomic E-state index is 8.77. The van der Waals surface area contributed by atoms with Crippen molar-refractivity contribution in [3.63, 3.8) is 0 Å². The van der Waals surface area contributed by atoms with Crippen molar-refractivity contribution in [2.24, 2.45) is 0 Å². The van der Waals surface area contributed by atoms with Crippen LogP contribution in [0.3, 0.4) is 0 Å². The number of rotatable bonds is 4. The van der Waals surface area contributed by atoms with Crippen LogP contribution >= 0.6 is 0 Å². The highest BCUT2D eigenvalue weighted by molar-refractivity contribution is 5.84. The molecular formula is C17H11N5O. The molecule has 0 amide bonds. The number of nitrogens with zero attached hydrogens (tertiary/aromatic N) is 5. The van der Waals surface area contributed by atoms with E-state index >= 15 is 0 Å². The molecule has 0 spiro atoms. The average Bonchev–Trinajstić information content (AvgIpc) is 2.94. The summed E-state index contributed by atoms with van der Waals surface area (Å²) >= 11 is 0. The van der Waals surface area contributed by atoms with Crippen molar-refractivity contribution >= 4 is 11.2 Å². The van der Waals surface area contributed by atoms with Gasteiger partial charge in [-0.2, -0.15) is 9.78 Å². The van der Waals surface area contributed by atoms with E-state index in [2.05, 4.69) is 15.3 Å². The normalized spacial score (nSPS) is 12.6. The zero-order valence-electron chi connectivity index (χ0n) is 12.0. The fourth-order valence-corrected chi connectivity index (χ4v) is 2.37. The third-order valence-corrected chi connectivity index (χ3v) is 3.53. The molecule has 0 aliphatic heterocycles. The smallest absolute Gasteiger partial charge is 0.240 e. The Bertz CT molecular complexity index is 979. The van der Waals surface area contributed by atoms with Crippen molar-refractivity contribution in [3.05, 3.63) is 60.2 Å². The van der Waals surface area contributed by atoms with E-state index in [-0.39, 0.29) is 6.61 Å². The Hall–Kier alpha value is -3.46. The summed E-state index contributed by atoms with van der Waals surface area (Å²) in [7, 11) is 0. The van der Waals surface area contributed by atoms with E-state index < -0.39 is 0 Å².